The van der Waals surface area contributed by atoms with Crippen molar-refractivity contribution in [1.82, 2.24) is 0 Å². The minimum atomic E-state index is 0.485. The highest BCUT2D eigenvalue weighted by Crippen LogP contribution is 2.38. The Hall–Kier alpha value is -1.09. The highest BCUT2D eigenvalue weighted by atomic mass is 32.1. The molecule has 2 fully saturated rings. The molecule has 2 aliphatic rings. The molecule has 1 aliphatic carbocycles. The third-order valence-corrected chi connectivity index (χ3v) is 4.73. The molecule has 2 unspecified atom stereocenters. The summed E-state index contributed by atoms with van der Waals surface area (Å²) < 4.78 is 0. The van der Waals surface area contributed by atoms with E-state index in [-0.39, 0.29) is 0 Å². The summed E-state index contributed by atoms with van der Waals surface area (Å²) in [6, 6.07) is 9.22. The zero-order valence-corrected chi connectivity index (χ0v) is 11.5. The fourth-order valence-corrected chi connectivity index (χ4v) is 3.68. The van der Waals surface area contributed by atoms with Crippen LogP contribution in [0.4, 0.5) is 5.69 Å². The number of rotatable bonds is 2. The summed E-state index contributed by atoms with van der Waals surface area (Å²) >= 11 is 5.00. The second-order valence-corrected chi connectivity index (χ2v) is 5.94. The molecule has 2 atom stereocenters. The fourth-order valence-electron chi connectivity index (χ4n) is 3.54. The molecule has 0 spiro atoms. The normalized spacial score (nSPS) is 27.0. The van der Waals surface area contributed by atoms with Crippen molar-refractivity contribution in [1.29, 1.82) is 0 Å². The van der Waals surface area contributed by atoms with Gasteiger partial charge in [0, 0.05) is 23.8 Å². The van der Waals surface area contributed by atoms with E-state index in [9.17, 15) is 0 Å². The molecule has 3 rings (SSSR count). The number of fused-ring (bicyclic) bond motifs is 1. The van der Waals surface area contributed by atoms with E-state index in [1.165, 1.54) is 44.3 Å². The lowest BCUT2D eigenvalue weighted by Crippen LogP contribution is -2.34. The lowest BCUT2D eigenvalue weighted by atomic mass is 9.85. The second kappa shape index (κ2) is 4.88. The Morgan fingerprint density at radius 1 is 1.11 bits per heavy atom. The van der Waals surface area contributed by atoms with Crippen molar-refractivity contribution >= 4 is 22.9 Å². The summed E-state index contributed by atoms with van der Waals surface area (Å²) in [7, 11) is 0. The van der Waals surface area contributed by atoms with Crippen LogP contribution in [-0.2, 0) is 0 Å². The third-order valence-electron chi connectivity index (χ3n) is 4.49. The summed E-state index contributed by atoms with van der Waals surface area (Å²) in [5.41, 5.74) is 7.94. The van der Waals surface area contributed by atoms with Gasteiger partial charge in [0.05, 0.1) is 0 Å². The number of nitrogens with zero attached hydrogens (tertiary/aromatic N) is 1. The van der Waals surface area contributed by atoms with Gasteiger partial charge in [-0.1, -0.05) is 25.1 Å². The Morgan fingerprint density at radius 2 is 1.83 bits per heavy atom. The van der Waals surface area contributed by atoms with Gasteiger partial charge in [0.15, 0.2) is 0 Å². The van der Waals surface area contributed by atoms with Gasteiger partial charge in [-0.15, -0.1) is 0 Å². The first-order valence-electron chi connectivity index (χ1n) is 6.92. The summed E-state index contributed by atoms with van der Waals surface area (Å²) in [4.78, 5) is 3.08. The molecule has 1 aromatic carbocycles. The van der Waals surface area contributed by atoms with Crippen LogP contribution in [0.15, 0.2) is 24.3 Å². The van der Waals surface area contributed by atoms with Gasteiger partial charge in [-0.25, -0.2) is 0 Å². The van der Waals surface area contributed by atoms with E-state index in [0.717, 1.165) is 17.5 Å². The van der Waals surface area contributed by atoms with Crippen molar-refractivity contribution in [3.05, 3.63) is 29.8 Å². The van der Waals surface area contributed by atoms with E-state index in [4.69, 9.17) is 18.0 Å². The van der Waals surface area contributed by atoms with Gasteiger partial charge < -0.3 is 10.6 Å². The molecule has 2 N–H and O–H groups in total. The Morgan fingerprint density at radius 3 is 2.56 bits per heavy atom. The number of anilines is 1. The van der Waals surface area contributed by atoms with Gasteiger partial charge in [0.2, 0.25) is 0 Å². The molecule has 1 saturated heterocycles. The first kappa shape index (κ1) is 12.0. The molecule has 0 bridgehead atoms. The average molecular weight is 260 g/mol. The summed E-state index contributed by atoms with van der Waals surface area (Å²) in [5.74, 6) is 0.925. The molecular formula is C15H20N2S. The van der Waals surface area contributed by atoms with Crippen molar-refractivity contribution in [3.8, 4) is 0 Å². The summed E-state index contributed by atoms with van der Waals surface area (Å²) in [6.45, 7) is 1.21. The highest BCUT2D eigenvalue weighted by Gasteiger charge is 2.35. The first-order chi connectivity index (χ1) is 8.75. The molecule has 3 heteroatoms. The molecule has 0 aromatic heterocycles. The van der Waals surface area contributed by atoms with Crippen molar-refractivity contribution in [3.63, 3.8) is 0 Å². The van der Waals surface area contributed by atoms with Gasteiger partial charge >= 0.3 is 0 Å². The Labute approximate surface area is 114 Å². The number of thiocarbonyl (C=S) groups is 1. The van der Waals surface area contributed by atoms with Crippen LogP contribution in [0.3, 0.4) is 0 Å². The van der Waals surface area contributed by atoms with E-state index >= 15 is 0 Å². The number of hydrogen-bond donors (Lipinski definition) is 1. The van der Waals surface area contributed by atoms with Gasteiger partial charge in [0.1, 0.15) is 4.99 Å². The van der Waals surface area contributed by atoms with E-state index in [1.807, 2.05) is 12.1 Å². The van der Waals surface area contributed by atoms with Crippen molar-refractivity contribution in [2.24, 2.45) is 11.7 Å². The smallest absolute Gasteiger partial charge is 0.103 e. The predicted octanol–water partition coefficient (Wildman–Crippen LogP) is 3.09. The number of nitrogens with two attached hydrogens (primary N) is 1. The predicted molar refractivity (Wildman–Crippen MR) is 80.0 cm³/mol. The quantitative estimate of drug-likeness (QED) is 0.829. The number of benzene rings is 1. The molecule has 2 nitrogen and oxygen atoms in total. The van der Waals surface area contributed by atoms with Crippen LogP contribution in [0.5, 0.6) is 0 Å². The van der Waals surface area contributed by atoms with Crippen molar-refractivity contribution in [2.75, 3.05) is 11.4 Å². The molecule has 0 amide bonds. The molecular weight excluding hydrogens is 240 g/mol. The lowest BCUT2D eigenvalue weighted by Gasteiger charge is -2.33. The maximum atomic E-state index is 5.64. The average Bonchev–Trinajstić information content (AvgIpc) is 2.82. The Bertz CT molecular complexity index is 440. The molecule has 1 aromatic rings. The minimum Gasteiger partial charge on any atom is -0.389 e. The van der Waals surface area contributed by atoms with Crippen molar-refractivity contribution in [2.45, 2.75) is 38.1 Å². The number of hydrogen-bond acceptors (Lipinski definition) is 2. The van der Waals surface area contributed by atoms with Crippen LogP contribution in [-0.4, -0.2) is 17.6 Å². The second-order valence-electron chi connectivity index (χ2n) is 5.51. The largest absolute Gasteiger partial charge is 0.389 e. The van der Waals surface area contributed by atoms with Gasteiger partial charge in [-0.2, -0.15) is 0 Å². The fraction of sp³-hybridized carbons (Fsp3) is 0.533. The van der Waals surface area contributed by atoms with Crippen LogP contribution in [0.25, 0.3) is 0 Å². The SMILES string of the molecule is NC(=S)c1ccc(N2CCC3CCCCC32)cc1. The molecule has 18 heavy (non-hydrogen) atoms. The van der Waals surface area contributed by atoms with Gasteiger partial charge in [-0.3, -0.25) is 0 Å². The molecule has 1 saturated carbocycles. The van der Waals surface area contributed by atoms with Crippen LogP contribution in [0.1, 0.15) is 37.7 Å². The summed E-state index contributed by atoms with van der Waals surface area (Å²) in [6.07, 6.45) is 6.97. The third kappa shape index (κ3) is 2.12. The Kier molecular flexibility index (Phi) is 3.25. The van der Waals surface area contributed by atoms with Crippen LogP contribution in [0.2, 0.25) is 0 Å². The van der Waals surface area contributed by atoms with Gasteiger partial charge in [0.25, 0.3) is 0 Å². The molecule has 96 valence electrons. The monoisotopic (exact) mass is 260 g/mol. The van der Waals surface area contributed by atoms with E-state index < -0.39 is 0 Å². The van der Waals surface area contributed by atoms with Crippen molar-refractivity contribution < 1.29 is 0 Å². The highest BCUT2D eigenvalue weighted by molar-refractivity contribution is 7.80. The molecule has 0 radical (unpaired) electrons. The lowest BCUT2D eigenvalue weighted by molar-refractivity contribution is 0.342. The van der Waals surface area contributed by atoms with Crippen LogP contribution < -0.4 is 10.6 Å². The molecule has 1 heterocycles. The zero-order valence-electron chi connectivity index (χ0n) is 10.6. The topological polar surface area (TPSA) is 29.3 Å². The van der Waals surface area contributed by atoms with Crippen LogP contribution in [0, 0.1) is 5.92 Å². The van der Waals surface area contributed by atoms with E-state index in [1.54, 1.807) is 0 Å². The molecule has 1 aliphatic heterocycles. The first-order valence-corrected chi connectivity index (χ1v) is 7.33. The minimum absolute atomic E-state index is 0.485. The van der Waals surface area contributed by atoms with Crippen LogP contribution >= 0.6 is 12.2 Å². The maximum absolute atomic E-state index is 5.64. The Balaban J connectivity index is 1.80. The van der Waals surface area contributed by atoms with E-state index in [2.05, 4.69) is 17.0 Å². The summed E-state index contributed by atoms with van der Waals surface area (Å²) in [5, 5.41) is 0. The van der Waals surface area contributed by atoms with E-state index in [0.29, 0.717) is 4.99 Å². The van der Waals surface area contributed by atoms with Gasteiger partial charge in [-0.05, 0) is 49.4 Å². The zero-order chi connectivity index (χ0) is 12.5. The maximum Gasteiger partial charge on any atom is 0.103 e. The standard InChI is InChI=1S/C15H20N2S/c16-15(18)12-5-7-13(8-6-12)17-10-9-11-3-1-2-4-14(11)17/h5-8,11,14H,1-4,9-10H2,(H2,16,18).